The van der Waals surface area contributed by atoms with Gasteiger partial charge in [0, 0.05) is 53.8 Å². The quantitative estimate of drug-likeness (QED) is 0.0525. The summed E-state index contributed by atoms with van der Waals surface area (Å²) in [6.45, 7) is 2.53. The number of hydrogen-bond donors (Lipinski definition) is 5. The molecule has 3 aliphatic rings. The molecule has 286 valence electrons. The summed E-state index contributed by atoms with van der Waals surface area (Å²) in [5, 5.41) is 21.9. The van der Waals surface area contributed by atoms with Crippen molar-refractivity contribution in [2.24, 2.45) is 28.7 Å². The minimum absolute atomic E-state index is 0.0361. The van der Waals surface area contributed by atoms with Crippen LogP contribution in [0.1, 0.15) is 126 Å². The van der Waals surface area contributed by atoms with E-state index in [1.165, 1.54) is 44.9 Å². The first-order valence-electron chi connectivity index (χ1n) is 19.9. The van der Waals surface area contributed by atoms with Crippen molar-refractivity contribution in [3.63, 3.8) is 0 Å². The maximum atomic E-state index is 13.7. The van der Waals surface area contributed by atoms with Gasteiger partial charge in [-0.1, -0.05) is 68.0 Å². The number of phenolic OH excluding ortho intramolecular Hbond substituents is 2. The number of benzene rings is 3. The molecule has 2 saturated carbocycles. The Morgan fingerprint density at radius 3 is 2.64 bits per heavy atom. The van der Waals surface area contributed by atoms with Crippen LogP contribution in [0.25, 0.3) is 0 Å². The van der Waals surface area contributed by atoms with Gasteiger partial charge in [-0.05, 0) is 114 Å². The number of aryl methyl sites for hydroxylation is 1. The van der Waals surface area contributed by atoms with Crippen LogP contribution in [0.5, 0.6) is 17.2 Å². The number of hydrogen-bond acceptors (Lipinski definition) is 7. The van der Waals surface area contributed by atoms with Crippen molar-refractivity contribution >= 4 is 11.6 Å². The van der Waals surface area contributed by atoms with Crippen LogP contribution in [-0.2, 0) is 24.1 Å². The Bertz CT molecular complexity index is 2140. The molecule has 1 heterocycles. The van der Waals surface area contributed by atoms with E-state index in [9.17, 15) is 19.8 Å². The summed E-state index contributed by atoms with van der Waals surface area (Å²) in [7, 11) is 0. The molecule has 0 amide bonds. The average molecular weight is 740 g/mol. The summed E-state index contributed by atoms with van der Waals surface area (Å²) in [6.07, 6.45) is 15.9. The van der Waals surface area contributed by atoms with E-state index in [1.54, 1.807) is 24.4 Å². The summed E-state index contributed by atoms with van der Waals surface area (Å²) >= 11 is 0. The van der Waals surface area contributed by atoms with Crippen molar-refractivity contribution in [2.45, 2.75) is 96.1 Å². The Morgan fingerprint density at radius 2 is 1.82 bits per heavy atom. The second kappa shape index (κ2) is 16.7. The molecule has 3 aliphatic carbocycles. The fraction of sp³-hybridized carbons (Fsp3) is 0.404. The van der Waals surface area contributed by atoms with Crippen molar-refractivity contribution in [1.82, 2.24) is 4.98 Å². The van der Waals surface area contributed by atoms with E-state index in [1.807, 2.05) is 48.5 Å². The number of fused-ring (bicyclic) bond motifs is 4. The third kappa shape index (κ3) is 8.59. The highest BCUT2D eigenvalue weighted by Crippen LogP contribution is 2.56. The maximum Gasteiger partial charge on any atom is 0.165 e. The number of nitrogens with two attached hydrogens (primary N) is 2. The number of nitrogens with one attached hydrogen (secondary N) is 1. The summed E-state index contributed by atoms with van der Waals surface area (Å²) in [6, 6.07) is 18.1. The number of carbonyl (C=O) groups excluding carboxylic acids is 2. The topological polar surface area (TPSA) is 152 Å². The zero-order chi connectivity index (χ0) is 38.5. The highest BCUT2D eigenvalue weighted by molar-refractivity contribution is 5.98. The third-order valence-corrected chi connectivity index (χ3v) is 12.3. The number of phenols is 2. The molecule has 8 heteroatoms. The molecule has 4 unspecified atom stereocenters. The molecule has 8 nitrogen and oxygen atoms in total. The van der Waals surface area contributed by atoms with Gasteiger partial charge in [0.15, 0.2) is 23.1 Å². The Kier molecular flexibility index (Phi) is 11.6. The Balaban J connectivity index is 1.03. The summed E-state index contributed by atoms with van der Waals surface area (Å²) < 4.78 is 6.09. The smallest absolute Gasteiger partial charge is 0.165 e. The van der Waals surface area contributed by atoms with Gasteiger partial charge in [-0.25, -0.2) is 0 Å². The molecule has 0 spiro atoms. The van der Waals surface area contributed by atoms with Crippen LogP contribution in [0.3, 0.4) is 0 Å². The molecule has 4 atom stereocenters. The van der Waals surface area contributed by atoms with E-state index in [4.69, 9.17) is 16.2 Å². The van der Waals surface area contributed by atoms with Crippen LogP contribution in [0, 0.1) is 29.1 Å². The van der Waals surface area contributed by atoms with Crippen LogP contribution in [-0.4, -0.2) is 33.4 Å². The molecule has 55 heavy (non-hydrogen) atoms. The molecule has 7 N–H and O–H groups in total. The number of Topliss-reactive ketones (excluding diaryl/α,β-unsaturated/α-hetero) is 1. The first-order chi connectivity index (χ1) is 26.6. The summed E-state index contributed by atoms with van der Waals surface area (Å²) in [5.41, 5.74) is 18.3. The van der Waals surface area contributed by atoms with Crippen LogP contribution < -0.4 is 16.2 Å². The number of aromatic hydroxyl groups is 2. The maximum absolute atomic E-state index is 13.7. The number of allylic oxidation sites excluding steroid dienone is 2. The fourth-order valence-electron chi connectivity index (χ4n) is 9.30. The highest BCUT2D eigenvalue weighted by Gasteiger charge is 2.46. The number of H-pyrrole nitrogens is 1. The van der Waals surface area contributed by atoms with Crippen molar-refractivity contribution in [3.8, 4) is 29.1 Å². The van der Waals surface area contributed by atoms with Gasteiger partial charge in [0.05, 0.1) is 19.2 Å². The lowest BCUT2D eigenvalue weighted by Crippen LogP contribution is -2.29. The summed E-state index contributed by atoms with van der Waals surface area (Å²) in [4.78, 5) is 29.9. The van der Waals surface area contributed by atoms with E-state index >= 15 is 0 Å². The van der Waals surface area contributed by atoms with Gasteiger partial charge < -0.3 is 31.4 Å². The number of ether oxygens (including phenoxy) is 1. The molecule has 1 aromatic heterocycles. The van der Waals surface area contributed by atoms with Crippen LogP contribution >= 0.6 is 0 Å². The number of ketones is 2. The van der Waals surface area contributed by atoms with Gasteiger partial charge in [0.1, 0.15) is 5.75 Å². The van der Waals surface area contributed by atoms with Crippen LogP contribution in [0.2, 0.25) is 0 Å². The molecule has 0 saturated heterocycles. The van der Waals surface area contributed by atoms with Crippen molar-refractivity contribution < 1.29 is 24.5 Å². The van der Waals surface area contributed by atoms with Gasteiger partial charge in [0.2, 0.25) is 0 Å². The predicted octanol–water partition coefficient (Wildman–Crippen LogP) is 8.33. The standard InChI is InChI=1S/C47H53N3O5/c1-2-4-35-12-7-32-17-21-47(35,29-32)22-18-36(51)13-8-30-10-16-43(53)45(26-30)55-24-20-31-9-15-42(52)40(25-31)39-28-44(54)38-19-23-50-41(38)6-3-5-33-27-34(46(48)49)11-14-37(33)39/h9-11,14-16,18-19,22-23,25-27,32,35,39,46,50,52-53H,2,4,6-8,12-13,17,20-21,24,28-29,48-49H2,1H3. The predicted molar refractivity (Wildman–Crippen MR) is 215 cm³/mol. The van der Waals surface area contributed by atoms with Gasteiger partial charge in [-0.2, -0.15) is 0 Å². The normalized spacial score (nSPS) is 21.9. The average Bonchev–Trinajstić information content (AvgIpc) is 3.80. The minimum Gasteiger partial charge on any atom is -0.508 e. The van der Waals surface area contributed by atoms with E-state index in [-0.39, 0.29) is 41.5 Å². The zero-order valence-corrected chi connectivity index (χ0v) is 31.8. The van der Waals surface area contributed by atoms with Crippen molar-refractivity contribution in [2.75, 3.05) is 6.61 Å². The van der Waals surface area contributed by atoms with Crippen LogP contribution in [0.4, 0.5) is 0 Å². The van der Waals surface area contributed by atoms with Crippen LogP contribution in [0.15, 0.2) is 79.0 Å². The molecule has 7 rings (SSSR count). The molecule has 3 aromatic carbocycles. The summed E-state index contributed by atoms with van der Waals surface area (Å²) in [5.74, 6) is 8.06. The Labute approximate surface area is 324 Å². The highest BCUT2D eigenvalue weighted by atomic mass is 16.5. The number of rotatable bonds is 13. The molecule has 4 aromatic rings. The third-order valence-electron chi connectivity index (χ3n) is 12.3. The van der Waals surface area contributed by atoms with E-state index in [2.05, 4.69) is 29.8 Å². The van der Waals surface area contributed by atoms with Gasteiger partial charge >= 0.3 is 0 Å². The minimum atomic E-state index is -0.682. The van der Waals surface area contributed by atoms with Crippen molar-refractivity contribution in [3.05, 3.63) is 124 Å². The second-order valence-electron chi connectivity index (χ2n) is 15.9. The van der Waals surface area contributed by atoms with E-state index in [0.717, 1.165) is 33.9 Å². The second-order valence-corrected chi connectivity index (χ2v) is 15.9. The number of aromatic amines is 1. The molecular formula is C47H53N3O5. The fourth-order valence-corrected chi connectivity index (χ4v) is 9.30. The largest absolute Gasteiger partial charge is 0.508 e. The molecule has 2 fully saturated rings. The lowest BCUT2D eigenvalue weighted by Gasteiger charge is -2.39. The van der Waals surface area contributed by atoms with Crippen molar-refractivity contribution in [1.29, 1.82) is 0 Å². The first kappa shape index (κ1) is 38.2. The molecule has 0 aliphatic heterocycles. The Morgan fingerprint density at radius 1 is 1.00 bits per heavy atom. The molecule has 2 bridgehead atoms. The number of aromatic nitrogens is 1. The monoisotopic (exact) mass is 739 g/mol. The van der Waals surface area contributed by atoms with E-state index in [0.29, 0.717) is 54.0 Å². The first-order valence-corrected chi connectivity index (χ1v) is 19.9. The molecular weight excluding hydrogens is 687 g/mol. The lowest BCUT2D eigenvalue weighted by molar-refractivity contribution is -0.114. The van der Waals surface area contributed by atoms with Gasteiger partial charge in [-0.3, -0.25) is 9.59 Å². The number of carbonyl (C=O) groups is 2. The van der Waals surface area contributed by atoms with Gasteiger partial charge in [-0.15, -0.1) is 0 Å². The lowest BCUT2D eigenvalue weighted by atomic mass is 9.66. The van der Waals surface area contributed by atoms with E-state index < -0.39 is 12.1 Å². The molecule has 0 radical (unpaired) electrons. The Hall–Kier alpha value is -5.10. The van der Waals surface area contributed by atoms with Gasteiger partial charge in [0.25, 0.3) is 0 Å². The zero-order valence-electron chi connectivity index (χ0n) is 31.8. The SMILES string of the molecule is CCCC1CCC2CCC1(C=CC(=O)CCc1ccc(O)c(OCCc3ccc(O)c(C4CC(=O)c5cc[nH]c5CC#Cc5cc(C(N)N)ccc54)c3)c1)C2.